The highest BCUT2D eigenvalue weighted by atomic mass is 16.6. The van der Waals surface area contributed by atoms with Crippen LogP contribution in [0.4, 0.5) is 4.79 Å². The molecule has 2 rings (SSSR count). The second-order valence-electron chi connectivity index (χ2n) is 6.91. The Kier molecular flexibility index (Phi) is 3.98. The third-order valence-corrected chi connectivity index (χ3v) is 4.24. The predicted octanol–water partition coefficient (Wildman–Crippen LogP) is 2.44. The molecule has 20 heavy (non-hydrogen) atoms. The summed E-state index contributed by atoms with van der Waals surface area (Å²) in [6, 6.07) is 0.0394. The zero-order valence-electron chi connectivity index (χ0n) is 13.0. The fourth-order valence-electron chi connectivity index (χ4n) is 3.51. The van der Waals surface area contributed by atoms with Crippen molar-refractivity contribution in [1.82, 2.24) is 10.2 Å². The highest BCUT2D eigenvalue weighted by molar-refractivity contribution is 5.80. The van der Waals surface area contributed by atoms with Gasteiger partial charge in [0.15, 0.2) is 0 Å². The van der Waals surface area contributed by atoms with E-state index in [1.165, 1.54) is 0 Å². The van der Waals surface area contributed by atoms with E-state index in [-0.39, 0.29) is 23.6 Å². The van der Waals surface area contributed by atoms with E-state index in [1.54, 1.807) is 0 Å². The number of rotatable bonds is 1. The monoisotopic (exact) mass is 282 g/mol. The van der Waals surface area contributed by atoms with E-state index in [4.69, 9.17) is 4.74 Å². The average molecular weight is 282 g/mol. The van der Waals surface area contributed by atoms with Crippen LogP contribution < -0.4 is 5.32 Å². The molecule has 1 spiro atoms. The Morgan fingerprint density at radius 2 is 2.15 bits per heavy atom. The minimum Gasteiger partial charge on any atom is -0.444 e. The number of nitrogens with one attached hydrogen (secondary N) is 1. The van der Waals surface area contributed by atoms with Gasteiger partial charge in [-0.25, -0.2) is 4.79 Å². The van der Waals surface area contributed by atoms with Crippen LogP contribution in [0.5, 0.6) is 0 Å². The third kappa shape index (κ3) is 2.91. The summed E-state index contributed by atoms with van der Waals surface area (Å²) in [5.41, 5.74) is -0.722. The van der Waals surface area contributed by atoms with Crippen LogP contribution in [0.25, 0.3) is 0 Å². The Bertz CT molecular complexity index is 402. The zero-order valence-corrected chi connectivity index (χ0v) is 13.0. The van der Waals surface area contributed by atoms with Crippen molar-refractivity contribution in [3.63, 3.8) is 0 Å². The first-order chi connectivity index (χ1) is 9.27. The Balaban J connectivity index is 2.17. The normalized spacial score (nSPS) is 30.5. The summed E-state index contributed by atoms with van der Waals surface area (Å²) in [7, 11) is 0. The fraction of sp³-hybridized carbons (Fsp3) is 0.867. The van der Waals surface area contributed by atoms with Crippen molar-refractivity contribution < 1.29 is 14.3 Å². The molecule has 0 aromatic carbocycles. The second-order valence-corrected chi connectivity index (χ2v) is 6.91. The van der Waals surface area contributed by atoms with Gasteiger partial charge in [-0.1, -0.05) is 6.92 Å². The summed E-state index contributed by atoms with van der Waals surface area (Å²) in [5.74, 6) is 0.106. The Hall–Kier alpha value is -1.26. The lowest BCUT2D eigenvalue weighted by atomic mass is 9.79. The number of hydrogen-bond acceptors (Lipinski definition) is 3. The number of piperidine rings is 1. The molecule has 0 radical (unpaired) electrons. The van der Waals surface area contributed by atoms with E-state index in [2.05, 4.69) is 12.2 Å². The maximum absolute atomic E-state index is 12.4. The van der Waals surface area contributed by atoms with Gasteiger partial charge in [-0.3, -0.25) is 4.79 Å². The number of carbonyl (C=O) groups is 2. The molecule has 0 saturated carbocycles. The lowest BCUT2D eigenvalue weighted by Gasteiger charge is -2.47. The van der Waals surface area contributed by atoms with Gasteiger partial charge in [0.05, 0.1) is 11.6 Å². The summed E-state index contributed by atoms with van der Waals surface area (Å²) in [5, 5.41) is 3.13. The highest BCUT2D eigenvalue weighted by Gasteiger charge is 2.49. The van der Waals surface area contributed by atoms with Gasteiger partial charge >= 0.3 is 6.09 Å². The summed E-state index contributed by atoms with van der Waals surface area (Å²) in [4.78, 5) is 25.9. The number of hydrogen-bond donors (Lipinski definition) is 1. The Morgan fingerprint density at radius 1 is 1.45 bits per heavy atom. The second kappa shape index (κ2) is 5.26. The maximum atomic E-state index is 12.4. The minimum absolute atomic E-state index is 0.0394. The van der Waals surface area contributed by atoms with Gasteiger partial charge in [0.25, 0.3) is 0 Å². The molecule has 0 aromatic heterocycles. The fourth-order valence-corrected chi connectivity index (χ4v) is 3.51. The molecule has 2 amide bonds. The highest BCUT2D eigenvalue weighted by Crippen LogP contribution is 2.37. The van der Waals surface area contributed by atoms with E-state index in [0.717, 1.165) is 25.7 Å². The molecule has 0 aliphatic carbocycles. The maximum Gasteiger partial charge on any atom is 0.410 e. The van der Waals surface area contributed by atoms with Crippen LogP contribution in [-0.4, -0.2) is 40.6 Å². The van der Waals surface area contributed by atoms with Gasteiger partial charge < -0.3 is 15.0 Å². The quantitative estimate of drug-likeness (QED) is 0.803. The van der Waals surface area contributed by atoms with E-state index in [0.29, 0.717) is 13.0 Å². The third-order valence-electron chi connectivity index (χ3n) is 4.24. The van der Waals surface area contributed by atoms with Crippen LogP contribution in [0.15, 0.2) is 0 Å². The number of nitrogens with zero attached hydrogens (tertiary/aromatic N) is 1. The van der Waals surface area contributed by atoms with Crippen molar-refractivity contribution in [1.29, 1.82) is 0 Å². The predicted molar refractivity (Wildman–Crippen MR) is 76.4 cm³/mol. The molecule has 2 aliphatic rings. The topological polar surface area (TPSA) is 58.6 Å². The van der Waals surface area contributed by atoms with E-state index in [9.17, 15) is 9.59 Å². The lowest BCUT2D eigenvalue weighted by molar-refractivity contribution is -0.120. The molecule has 0 bridgehead atoms. The molecular formula is C15H26N2O3. The van der Waals surface area contributed by atoms with Crippen LogP contribution in [0, 0.1) is 0 Å². The molecule has 114 valence electrons. The van der Waals surface area contributed by atoms with Crippen molar-refractivity contribution in [3.8, 4) is 0 Å². The number of amides is 2. The van der Waals surface area contributed by atoms with E-state index in [1.807, 2.05) is 25.7 Å². The van der Waals surface area contributed by atoms with E-state index < -0.39 is 5.60 Å². The van der Waals surface area contributed by atoms with Gasteiger partial charge in [-0.15, -0.1) is 0 Å². The standard InChI is InChI=1S/C15H26N2O3/c1-5-11-15(9-7-12(18)16-15)8-6-10-17(11)13(19)20-14(2,3)4/h11H,5-10H2,1-4H3,(H,16,18). The zero-order chi connectivity index (χ0) is 15.0. The summed E-state index contributed by atoms with van der Waals surface area (Å²) < 4.78 is 5.51. The lowest BCUT2D eigenvalue weighted by Crippen LogP contribution is -2.63. The van der Waals surface area contributed by atoms with Crippen molar-refractivity contribution in [2.75, 3.05) is 6.54 Å². The van der Waals surface area contributed by atoms with E-state index >= 15 is 0 Å². The SMILES string of the molecule is CCC1N(C(=O)OC(C)(C)C)CCCC12CCC(=O)N2. The smallest absolute Gasteiger partial charge is 0.410 e. The van der Waals surface area contributed by atoms with Crippen LogP contribution >= 0.6 is 0 Å². The first-order valence-electron chi connectivity index (χ1n) is 7.58. The summed E-state index contributed by atoms with van der Waals surface area (Å²) >= 11 is 0. The van der Waals surface area contributed by atoms with Gasteiger partial charge in [-0.2, -0.15) is 0 Å². The first-order valence-corrected chi connectivity index (χ1v) is 7.58. The van der Waals surface area contributed by atoms with Gasteiger partial charge in [0.1, 0.15) is 5.60 Å². The van der Waals surface area contributed by atoms with Crippen LogP contribution in [0.1, 0.15) is 59.8 Å². The van der Waals surface area contributed by atoms with Gasteiger partial charge in [0, 0.05) is 13.0 Å². The molecule has 2 aliphatic heterocycles. The van der Waals surface area contributed by atoms with Gasteiger partial charge in [0.2, 0.25) is 5.91 Å². The largest absolute Gasteiger partial charge is 0.444 e. The molecule has 2 saturated heterocycles. The van der Waals surface area contributed by atoms with Crippen LogP contribution in [-0.2, 0) is 9.53 Å². The Labute approximate surface area is 121 Å². The summed E-state index contributed by atoms with van der Waals surface area (Å²) in [6.45, 7) is 8.42. The van der Waals surface area contributed by atoms with Crippen molar-refractivity contribution >= 4 is 12.0 Å². The number of likely N-dealkylation sites (tertiary alicyclic amines) is 1. The van der Waals surface area contributed by atoms with Gasteiger partial charge in [-0.05, 0) is 46.5 Å². The molecule has 0 aromatic rings. The van der Waals surface area contributed by atoms with Crippen molar-refractivity contribution in [2.45, 2.75) is 77.0 Å². The molecular weight excluding hydrogens is 256 g/mol. The molecule has 5 nitrogen and oxygen atoms in total. The summed E-state index contributed by atoms with van der Waals surface area (Å²) in [6.07, 6.45) is 3.83. The van der Waals surface area contributed by atoms with Crippen molar-refractivity contribution in [3.05, 3.63) is 0 Å². The molecule has 5 heteroatoms. The van der Waals surface area contributed by atoms with Crippen LogP contribution in [0.2, 0.25) is 0 Å². The Morgan fingerprint density at radius 3 is 2.65 bits per heavy atom. The van der Waals surface area contributed by atoms with Crippen molar-refractivity contribution in [2.24, 2.45) is 0 Å². The molecule has 1 N–H and O–H groups in total. The van der Waals surface area contributed by atoms with Crippen LogP contribution in [0.3, 0.4) is 0 Å². The molecule has 2 unspecified atom stereocenters. The minimum atomic E-state index is -0.487. The first kappa shape index (κ1) is 15.1. The number of ether oxygens (including phenoxy) is 1. The number of carbonyl (C=O) groups excluding carboxylic acids is 2. The molecule has 2 fully saturated rings. The average Bonchev–Trinajstić information content (AvgIpc) is 2.68. The molecule has 2 heterocycles. The molecule has 2 atom stereocenters.